The Balaban J connectivity index is 1.85. The van der Waals surface area contributed by atoms with Crippen LogP contribution in [0.15, 0.2) is 0 Å². The van der Waals surface area contributed by atoms with Gasteiger partial charge in [-0.15, -0.1) is 0 Å². The number of rotatable bonds is 1. The van der Waals surface area contributed by atoms with Crippen molar-refractivity contribution in [2.45, 2.75) is 31.8 Å². The molecule has 2 fully saturated rings. The molecule has 0 aromatic carbocycles. The first-order chi connectivity index (χ1) is 4.97. The van der Waals surface area contributed by atoms with Crippen molar-refractivity contribution in [3.05, 3.63) is 0 Å². The lowest BCUT2D eigenvalue weighted by Gasteiger charge is -2.17. The summed E-state index contributed by atoms with van der Waals surface area (Å²) < 4.78 is 0. The van der Waals surface area contributed by atoms with Gasteiger partial charge in [-0.3, -0.25) is 0 Å². The molecule has 2 heteroatoms. The summed E-state index contributed by atoms with van der Waals surface area (Å²) in [5.74, 6) is 0.933. The summed E-state index contributed by atoms with van der Waals surface area (Å²) in [5.41, 5.74) is 0. The van der Waals surface area contributed by atoms with Gasteiger partial charge in [-0.25, -0.2) is 0 Å². The van der Waals surface area contributed by atoms with Crippen LogP contribution in [0.5, 0.6) is 0 Å². The second-order valence-electron chi connectivity index (χ2n) is 3.43. The van der Waals surface area contributed by atoms with Crippen molar-refractivity contribution in [2.24, 2.45) is 5.92 Å². The minimum absolute atomic E-state index is 0.655. The minimum atomic E-state index is 0.655. The highest BCUT2D eigenvalue weighted by atomic mass is 15.2. The monoisotopic (exact) mass is 140 g/mol. The van der Waals surface area contributed by atoms with Gasteiger partial charge in [-0.05, 0) is 18.8 Å². The number of hydrogen-bond acceptors (Lipinski definition) is 2. The second kappa shape index (κ2) is 2.89. The van der Waals surface area contributed by atoms with E-state index >= 15 is 0 Å². The Bertz CT molecular complexity index is 87.8. The van der Waals surface area contributed by atoms with Gasteiger partial charge in [0, 0.05) is 13.1 Å². The topological polar surface area (TPSA) is 24.1 Å². The van der Waals surface area contributed by atoms with Gasteiger partial charge in [0.2, 0.25) is 0 Å². The van der Waals surface area contributed by atoms with Gasteiger partial charge in [-0.1, -0.05) is 12.8 Å². The van der Waals surface area contributed by atoms with Crippen LogP contribution in [0, 0.1) is 5.92 Å². The zero-order valence-corrected chi connectivity index (χ0v) is 6.40. The molecule has 0 amide bonds. The summed E-state index contributed by atoms with van der Waals surface area (Å²) in [6.07, 6.45) is 6.42. The van der Waals surface area contributed by atoms with Crippen molar-refractivity contribution in [3.63, 3.8) is 0 Å². The first-order valence-corrected chi connectivity index (χ1v) is 4.43. The molecule has 1 aliphatic carbocycles. The van der Waals surface area contributed by atoms with E-state index in [0.29, 0.717) is 6.17 Å². The van der Waals surface area contributed by atoms with Crippen LogP contribution in [0.4, 0.5) is 0 Å². The third-order valence-electron chi connectivity index (χ3n) is 2.72. The van der Waals surface area contributed by atoms with E-state index in [0.717, 1.165) is 5.92 Å². The second-order valence-corrected chi connectivity index (χ2v) is 3.43. The van der Waals surface area contributed by atoms with E-state index in [1.807, 2.05) is 0 Å². The van der Waals surface area contributed by atoms with Crippen molar-refractivity contribution in [1.29, 1.82) is 0 Å². The largest absolute Gasteiger partial charge is 0.300 e. The van der Waals surface area contributed by atoms with E-state index in [4.69, 9.17) is 0 Å². The summed E-state index contributed by atoms with van der Waals surface area (Å²) in [6.45, 7) is 2.34. The molecule has 58 valence electrons. The van der Waals surface area contributed by atoms with Crippen molar-refractivity contribution in [1.82, 2.24) is 10.6 Å². The highest BCUT2D eigenvalue weighted by Crippen LogP contribution is 2.27. The Morgan fingerprint density at radius 3 is 2.10 bits per heavy atom. The van der Waals surface area contributed by atoms with Crippen LogP contribution < -0.4 is 10.6 Å². The van der Waals surface area contributed by atoms with Gasteiger partial charge in [0.25, 0.3) is 0 Å². The number of hydrogen-bond donors (Lipinski definition) is 2. The van der Waals surface area contributed by atoms with Crippen LogP contribution in [-0.2, 0) is 0 Å². The smallest absolute Gasteiger partial charge is 0.0601 e. The Labute approximate surface area is 62.4 Å². The maximum Gasteiger partial charge on any atom is 0.0601 e. The van der Waals surface area contributed by atoms with E-state index in [1.54, 1.807) is 0 Å². The highest BCUT2D eigenvalue weighted by Gasteiger charge is 2.26. The van der Waals surface area contributed by atoms with Crippen molar-refractivity contribution in [3.8, 4) is 0 Å². The van der Waals surface area contributed by atoms with Crippen LogP contribution in [0.1, 0.15) is 25.7 Å². The van der Waals surface area contributed by atoms with Gasteiger partial charge in [-0.2, -0.15) is 0 Å². The summed E-state index contributed by atoms with van der Waals surface area (Å²) in [5, 5.41) is 6.97. The van der Waals surface area contributed by atoms with Crippen LogP contribution in [0.2, 0.25) is 0 Å². The molecule has 0 atom stereocenters. The molecule has 2 aliphatic rings. The molecule has 10 heavy (non-hydrogen) atoms. The van der Waals surface area contributed by atoms with Gasteiger partial charge in [0.1, 0.15) is 0 Å². The SMILES string of the molecule is C1CCC(C2NCCN2)C1. The van der Waals surface area contributed by atoms with Gasteiger partial charge in [0.05, 0.1) is 6.17 Å². The minimum Gasteiger partial charge on any atom is -0.300 e. The van der Waals surface area contributed by atoms with E-state index in [2.05, 4.69) is 10.6 Å². The quantitative estimate of drug-likeness (QED) is 0.560. The average Bonchev–Trinajstić information content (AvgIpc) is 2.59. The summed E-state index contributed by atoms with van der Waals surface area (Å²) in [6, 6.07) is 0. The van der Waals surface area contributed by atoms with Gasteiger partial charge in [0.15, 0.2) is 0 Å². The van der Waals surface area contributed by atoms with Crippen molar-refractivity contribution in [2.75, 3.05) is 13.1 Å². The van der Waals surface area contributed by atoms with E-state index in [9.17, 15) is 0 Å². The molecule has 1 saturated heterocycles. The zero-order valence-electron chi connectivity index (χ0n) is 6.40. The van der Waals surface area contributed by atoms with Crippen molar-refractivity contribution >= 4 is 0 Å². The highest BCUT2D eigenvalue weighted by molar-refractivity contribution is 4.82. The molecular weight excluding hydrogens is 124 g/mol. The average molecular weight is 140 g/mol. The Morgan fingerprint density at radius 2 is 1.50 bits per heavy atom. The molecule has 0 aromatic rings. The first-order valence-electron chi connectivity index (χ1n) is 4.43. The van der Waals surface area contributed by atoms with Gasteiger partial charge >= 0.3 is 0 Å². The fraction of sp³-hybridized carbons (Fsp3) is 1.00. The maximum atomic E-state index is 3.49. The van der Waals surface area contributed by atoms with Gasteiger partial charge < -0.3 is 10.6 Å². The van der Waals surface area contributed by atoms with Crippen LogP contribution in [0.3, 0.4) is 0 Å². The maximum absolute atomic E-state index is 3.49. The summed E-state index contributed by atoms with van der Waals surface area (Å²) in [7, 11) is 0. The number of nitrogens with one attached hydrogen (secondary N) is 2. The molecule has 2 rings (SSSR count). The Hall–Kier alpha value is -0.0800. The third-order valence-corrected chi connectivity index (χ3v) is 2.72. The summed E-state index contributed by atoms with van der Waals surface area (Å²) >= 11 is 0. The molecule has 0 bridgehead atoms. The van der Waals surface area contributed by atoms with Crippen LogP contribution >= 0.6 is 0 Å². The molecule has 0 spiro atoms. The normalized spacial score (nSPS) is 30.0. The predicted molar refractivity (Wildman–Crippen MR) is 41.8 cm³/mol. The predicted octanol–water partition coefficient (Wildman–Crippen LogP) is 0.696. The molecule has 1 aliphatic heterocycles. The standard InChI is InChI=1S/C8H16N2/c1-2-4-7(3-1)8-9-5-6-10-8/h7-10H,1-6H2. The lowest BCUT2D eigenvalue weighted by atomic mass is 10.1. The van der Waals surface area contributed by atoms with E-state index in [1.165, 1.54) is 38.8 Å². The Kier molecular flexibility index (Phi) is 1.91. The lowest BCUT2D eigenvalue weighted by Crippen LogP contribution is -2.37. The van der Waals surface area contributed by atoms with Crippen LogP contribution in [0.25, 0.3) is 0 Å². The molecule has 2 N–H and O–H groups in total. The third kappa shape index (κ3) is 1.18. The molecule has 1 heterocycles. The molecular formula is C8H16N2. The Morgan fingerprint density at radius 1 is 0.900 bits per heavy atom. The fourth-order valence-corrected chi connectivity index (χ4v) is 2.15. The zero-order chi connectivity index (χ0) is 6.81. The van der Waals surface area contributed by atoms with E-state index < -0.39 is 0 Å². The molecule has 0 unspecified atom stereocenters. The van der Waals surface area contributed by atoms with Crippen LogP contribution in [-0.4, -0.2) is 19.3 Å². The summed E-state index contributed by atoms with van der Waals surface area (Å²) in [4.78, 5) is 0. The molecule has 2 nitrogen and oxygen atoms in total. The lowest BCUT2D eigenvalue weighted by molar-refractivity contribution is 0.369. The van der Waals surface area contributed by atoms with E-state index in [-0.39, 0.29) is 0 Å². The first kappa shape index (κ1) is 6.62. The molecule has 0 aromatic heterocycles. The van der Waals surface area contributed by atoms with Crippen molar-refractivity contribution < 1.29 is 0 Å². The fourth-order valence-electron chi connectivity index (χ4n) is 2.15. The molecule has 0 radical (unpaired) electrons. The molecule has 1 saturated carbocycles.